The first-order valence-electron chi connectivity index (χ1n) is 5.06. The standard InChI is InChI=1S/C9H17N5/c1-13(2)9-11-7-14(12-9)8-3-5-10-6-4-8/h7-8,10H,3-6H2,1-2H3. The highest BCUT2D eigenvalue weighted by Crippen LogP contribution is 2.17. The Morgan fingerprint density at radius 2 is 2.14 bits per heavy atom. The third-order valence-electron chi connectivity index (χ3n) is 2.58. The second kappa shape index (κ2) is 3.96. The highest BCUT2D eigenvalue weighted by atomic mass is 15.4. The summed E-state index contributed by atoms with van der Waals surface area (Å²) in [6.07, 6.45) is 4.14. The number of nitrogens with one attached hydrogen (secondary N) is 1. The van der Waals surface area contributed by atoms with E-state index in [0.717, 1.165) is 31.9 Å². The molecule has 1 aliphatic rings. The van der Waals surface area contributed by atoms with Gasteiger partial charge in [0.2, 0.25) is 5.95 Å². The molecule has 0 unspecified atom stereocenters. The van der Waals surface area contributed by atoms with Crippen molar-refractivity contribution in [2.75, 3.05) is 32.1 Å². The number of piperidine rings is 1. The zero-order valence-corrected chi connectivity index (χ0v) is 8.77. The van der Waals surface area contributed by atoms with Crippen molar-refractivity contribution >= 4 is 5.95 Å². The number of rotatable bonds is 2. The zero-order chi connectivity index (χ0) is 9.97. The number of anilines is 1. The average Bonchev–Trinajstić information content (AvgIpc) is 2.68. The van der Waals surface area contributed by atoms with E-state index in [1.165, 1.54) is 0 Å². The summed E-state index contributed by atoms with van der Waals surface area (Å²) in [6.45, 7) is 2.17. The van der Waals surface area contributed by atoms with Crippen LogP contribution in [0.25, 0.3) is 0 Å². The smallest absolute Gasteiger partial charge is 0.244 e. The van der Waals surface area contributed by atoms with Crippen LogP contribution in [0.4, 0.5) is 5.95 Å². The summed E-state index contributed by atoms with van der Waals surface area (Å²) in [6, 6.07) is 0.525. The molecule has 1 aromatic heterocycles. The summed E-state index contributed by atoms with van der Waals surface area (Å²) >= 11 is 0. The second-order valence-corrected chi connectivity index (χ2v) is 3.90. The fourth-order valence-electron chi connectivity index (χ4n) is 1.72. The van der Waals surface area contributed by atoms with Crippen LogP contribution in [-0.2, 0) is 0 Å². The monoisotopic (exact) mass is 195 g/mol. The van der Waals surface area contributed by atoms with Crippen LogP contribution < -0.4 is 10.2 Å². The van der Waals surface area contributed by atoms with Gasteiger partial charge in [-0.2, -0.15) is 0 Å². The molecule has 2 heterocycles. The number of hydrogen-bond donors (Lipinski definition) is 1. The molecule has 0 atom stereocenters. The van der Waals surface area contributed by atoms with Gasteiger partial charge in [-0.3, -0.25) is 0 Å². The predicted octanol–water partition coefficient (Wildman–Crippen LogP) is 0.269. The van der Waals surface area contributed by atoms with Gasteiger partial charge in [0, 0.05) is 14.1 Å². The molecule has 0 aromatic carbocycles. The minimum absolute atomic E-state index is 0.525. The van der Waals surface area contributed by atoms with Gasteiger partial charge in [0.1, 0.15) is 6.33 Å². The molecule has 0 spiro atoms. The van der Waals surface area contributed by atoms with Crippen LogP contribution >= 0.6 is 0 Å². The van der Waals surface area contributed by atoms with E-state index in [4.69, 9.17) is 0 Å². The van der Waals surface area contributed by atoms with Gasteiger partial charge in [-0.1, -0.05) is 0 Å². The van der Waals surface area contributed by atoms with Crippen molar-refractivity contribution < 1.29 is 0 Å². The first kappa shape index (κ1) is 9.45. The molecule has 5 heteroatoms. The summed E-state index contributed by atoms with van der Waals surface area (Å²) in [4.78, 5) is 6.18. The summed E-state index contributed by atoms with van der Waals surface area (Å²) in [5.41, 5.74) is 0. The van der Waals surface area contributed by atoms with Crippen LogP contribution in [0.2, 0.25) is 0 Å². The fraction of sp³-hybridized carbons (Fsp3) is 0.778. The van der Waals surface area contributed by atoms with E-state index in [2.05, 4.69) is 15.4 Å². The molecule has 1 aliphatic heterocycles. The molecule has 1 saturated heterocycles. The fourth-order valence-corrected chi connectivity index (χ4v) is 1.72. The van der Waals surface area contributed by atoms with Gasteiger partial charge in [-0.05, 0) is 25.9 Å². The molecular weight excluding hydrogens is 178 g/mol. The quantitative estimate of drug-likeness (QED) is 0.735. The predicted molar refractivity (Wildman–Crippen MR) is 55.5 cm³/mol. The first-order chi connectivity index (χ1) is 6.77. The van der Waals surface area contributed by atoms with E-state index >= 15 is 0 Å². The van der Waals surface area contributed by atoms with Crippen molar-refractivity contribution in [2.45, 2.75) is 18.9 Å². The Kier molecular flexibility index (Phi) is 2.67. The topological polar surface area (TPSA) is 46.0 Å². The SMILES string of the molecule is CN(C)c1ncn(C2CCNCC2)n1. The lowest BCUT2D eigenvalue weighted by Crippen LogP contribution is -2.29. The molecule has 1 fully saturated rings. The summed E-state index contributed by atoms with van der Waals surface area (Å²) in [5, 5.41) is 7.78. The van der Waals surface area contributed by atoms with Gasteiger partial charge in [0.25, 0.3) is 0 Å². The number of hydrogen-bond acceptors (Lipinski definition) is 4. The summed E-state index contributed by atoms with van der Waals surface area (Å²) < 4.78 is 2.00. The second-order valence-electron chi connectivity index (χ2n) is 3.90. The molecule has 1 N–H and O–H groups in total. The minimum atomic E-state index is 0.525. The normalized spacial score (nSPS) is 18.4. The molecule has 1 aromatic rings. The van der Waals surface area contributed by atoms with Crippen LogP contribution in [0.5, 0.6) is 0 Å². The molecule has 0 bridgehead atoms. The molecule has 0 radical (unpaired) electrons. The maximum absolute atomic E-state index is 4.44. The van der Waals surface area contributed by atoms with Crippen molar-refractivity contribution in [2.24, 2.45) is 0 Å². The molecule has 5 nitrogen and oxygen atoms in total. The molecule has 0 saturated carbocycles. The Bertz CT molecular complexity index is 287. The third kappa shape index (κ3) is 1.87. The first-order valence-corrected chi connectivity index (χ1v) is 5.06. The summed E-state index contributed by atoms with van der Waals surface area (Å²) in [5.74, 6) is 0.795. The van der Waals surface area contributed by atoms with Crippen molar-refractivity contribution in [1.82, 2.24) is 20.1 Å². The highest BCUT2D eigenvalue weighted by molar-refractivity contribution is 5.23. The highest BCUT2D eigenvalue weighted by Gasteiger charge is 2.16. The maximum atomic E-state index is 4.44. The van der Waals surface area contributed by atoms with Crippen molar-refractivity contribution in [1.29, 1.82) is 0 Å². The van der Waals surface area contributed by atoms with E-state index in [1.54, 1.807) is 0 Å². The number of aromatic nitrogens is 3. The van der Waals surface area contributed by atoms with Crippen molar-refractivity contribution in [3.63, 3.8) is 0 Å². The van der Waals surface area contributed by atoms with Gasteiger partial charge in [0.15, 0.2) is 0 Å². The molecule has 14 heavy (non-hydrogen) atoms. The molecule has 0 aliphatic carbocycles. The van der Waals surface area contributed by atoms with Gasteiger partial charge < -0.3 is 10.2 Å². The Hall–Kier alpha value is -1.10. The average molecular weight is 195 g/mol. The molecule has 78 valence electrons. The van der Waals surface area contributed by atoms with Gasteiger partial charge in [-0.25, -0.2) is 9.67 Å². The van der Waals surface area contributed by atoms with E-state index in [-0.39, 0.29) is 0 Å². The van der Waals surface area contributed by atoms with Crippen LogP contribution in [0.3, 0.4) is 0 Å². The van der Waals surface area contributed by atoms with E-state index in [0.29, 0.717) is 6.04 Å². The lowest BCUT2D eigenvalue weighted by molar-refractivity contribution is 0.342. The van der Waals surface area contributed by atoms with Crippen molar-refractivity contribution in [3.8, 4) is 0 Å². The largest absolute Gasteiger partial charge is 0.346 e. The Balaban J connectivity index is 2.07. The third-order valence-corrected chi connectivity index (χ3v) is 2.58. The minimum Gasteiger partial charge on any atom is -0.346 e. The van der Waals surface area contributed by atoms with Crippen LogP contribution in [0.1, 0.15) is 18.9 Å². The molecule has 2 rings (SSSR count). The number of nitrogens with zero attached hydrogens (tertiary/aromatic N) is 4. The molecule has 0 amide bonds. The molecular formula is C9H17N5. The van der Waals surface area contributed by atoms with Crippen LogP contribution in [0.15, 0.2) is 6.33 Å². The van der Waals surface area contributed by atoms with Gasteiger partial charge in [0.05, 0.1) is 6.04 Å². The Morgan fingerprint density at radius 3 is 2.71 bits per heavy atom. The van der Waals surface area contributed by atoms with Gasteiger partial charge in [-0.15, -0.1) is 5.10 Å². The lowest BCUT2D eigenvalue weighted by atomic mass is 10.1. The summed E-state index contributed by atoms with van der Waals surface area (Å²) in [7, 11) is 3.92. The maximum Gasteiger partial charge on any atom is 0.244 e. The zero-order valence-electron chi connectivity index (χ0n) is 8.77. The Labute approximate surface area is 84.1 Å². The lowest BCUT2D eigenvalue weighted by Gasteiger charge is -2.22. The van der Waals surface area contributed by atoms with E-state index in [9.17, 15) is 0 Å². The van der Waals surface area contributed by atoms with E-state index in [1.807, 2.05) is 30.0 Å². The van der Waals surface area contributed by atoms with Crippen LogP contribution in [0, 0.1) is 0 Å². The van der Waals surface area contributed by atoms with Crippen molar-refractivity contribution in [3.05, 3.63) is 6.33 Å². The Morgan fingerprint density at radius 1 is 1.43 bits per heavy atom. The van der Waals surface area contributed by atoms with Gasteiger partial charge >= 0.3 is 0 Å². The van der Waals surface area contributed by atoms with Crippen LogP contribution in [-0.4, -0.2) is 41.9 Å². The van der Waals surface area contributed by atoms with E-state index < -0.39 is 0 Å².